The lowest BCUT2D eigenvalue weighted by molar-refractivity contribution is -0.134. The van der Waals surface area contributed by atoms with Crippen molar-refractivity contribution in [1.82, 2.24) is 10.2 Å². The number of nitrogens with one attached hydrogen (secondary N) is 1. The van der Waals surface area contributed by atoms with Gasteiger partial charge in [0.05, 0.1) is 6.54 Å². The molecule has 0 radical (unpaired) electrons. The van der Waals surface area contributed by atoms with E-state index in [1.807, 2.05) is 0 Å². The molecule has 0 heterocycles. The third-order valence-electron chi connectivity index (χ3n) is 2.41. The number of amides is 2. The SMILES string of the molecule is CCCCNC(=O)CN(CCCC)C(C)=O. The van der Waals surface area contributed by atoms with Gasteiger partial charge < -0.3 is 10.2 Å². The Morgan fingerprint density at radius 2 is 1.75 bits per heavy atom. The van der Waals surface area contributed by atoms with E-state index in [1.165, 1.54) is 6.92 Å². The van der Waals surface area contributed by atoms with Gasteiger partial charge in [-0.1, -0.05) is 26.7 Å². The van der Waals surface area contributed by atoms with E-state index in [0.29, 0.717) is 13.1 Å². The van der Waals surface area contributed by atoms with Crippen molar-refractivity contribution in [3.05, 3.63) is 0 Å². The van der Waals surface area contributed by atoms with E-state index in [9.17, 15) is 9.59 Å². The van der Waals surface area contributed by atoms with Gasteiger partial charge in [0.25, 0.3) is 0 Å². The van der Waals surface area contributed by atoms with Crippen LogP contribution in [-0.4, -0.2) is 36.3 Å². The van der Waals surface area contributed by atoms with Gasteiger partial charge in [-0.05, 0) is 12.8 Å². The third-order valence-corrected chi connectivity index (χ3v) is 2.41. The van der Waals surface area contributed by atoms with Gasteiger partial charge in [-0.2, -0.15) is 0 Å². The lowest BCUT2D eigenvalue weighted by Gasteiger charge is -2.20. The first-order chi connectivity index (χ1) is 7.61. The topological polar surface area (TPSA) is 49.4 Å². The smallest absolute Gasteiger partial charge is 0.239 e. The molecule has 0 rings (SSSR count). The van der Waals surface area contributed by atoms with Crippen molar-refractivity contribution in [3.8, 4) is 0 Å². The van der Waals surface area contributed by atoms with E-state index in [4.69, 9.17) is 0 Å². The first kappa shape index (κ1) is 14.9. The second-order valence-corrected chi connectivity index (χ2v) is 4.00. The summed E-state index contributed by atoms with van der Waals surface area (Å²) in [4.78, 5) is 24.4. The molecule has 0 saturated carbocycles. The predicted octanol–water partition coefficient (Wildman–Crippen LogP) is 1.55. The van der Waals surface area contributed by atoms with Crippen LogP contribution in [0.5, 0.6) is 0 Å². The Labute approximate surface area is 98.4 Å². The largest absolute Gasteiger partial charge is 0.355 e. The van der Waals surface area contributed by atoms with Crippen LogP contribution in [0.15, 0.2) is 0 Å². The zero-order valence-electron chi connectivity index (χ0n) is 10.7. The average Bonchev–Trinajstić information content (AvgIpc) is 2.24. The molecule has 2 amide bonds. The van der Waals surface area contributed by atoms with Crippen LogP contribution in [0, 0.1) is 0 Å². The first-order valence-electron chi connectivity index (χ1n) is 6.14. The van der Waals surface area contributed by atoms with Crippen molar-refractivity contribution in [2.24, 2.45) is 0 Å². The molecule has 16 heavy (non-hydrogen) atoms. The van der Waals surface area contributed by atoms with Crippen LogP contribution >= 0.6 is 0 Å². The summed E-state index contributed by atoms with van der Waals surface area (Å²) in [5.74, 6) is -0.0844. The minimum absolute atomic E-state index is 0.0286. The second kappa shape index (κ2) is 9.19. The number of nitrogens with zero attached hydrogens (tertiary/aromatic N) is 1. The summed E-state index contributed by atoms with van der Waals surface area (Å²) >= 11 is 0. The highest BCUT2D eigenvalue weighted by Crippen LogP contribution is 1.95. The minimum Gasteiger partial charge on any atom is -0.355 e. The Bertz CT molecular complexity index is 217. The maximum Gasteiger partial charge on any atom is 0.239 e. The predicted molar refractivity (Wildman–Crippen MR) is 65.1 cm³/mol. The summed E-state index contributed by atoms with van der Waals surface area (Å²) in [7, 11) is 0. The quantitative estimate of drug-likeness (QED) is 0.641. The van der Waals surface area contributed by atoms with Crippen molar-refractivity contribution >= 4 is 11.8 Å². The average molecular weight is 228 g/mol. The Balaban J connectivity index is 3.88. The Hall–Kier alpha value is -1.06. The van der Waals surface area contributed by atoms with E-state index >= 15 is 0 Å². The summed E-state index contributed by atoms with van der Waals surface area (Å²) in [6, 6.07) is 0. The second-order valence-electron chi connectivity index (χ2n) is 4.00. The maximum atomic E-state index is 11.5. The number of carbonyl (C=O) groups is 2. The zero-order chi connectivity index (χ0) is 12.4. The van der Waals surface area contributed by atoms with Gasteiger partial charge in [-0.3, -0.25) is 9.59 Å². The number of unbranched alkanes of at least 4 members (excludes halogenated alkanes) is 2. The van der Waals surface area contributed by atoms with E-state index < -0.39 is 0 Å². The van der Waals surface area contributed by atoms with Crippen LogP contribution in [0.4, 0.5) is 0 Å². The van der Waals surface area contributed by atoms with Gasteiger partial charge in [-0.15, -0.1) is 0 Å². The molecule has 0 aliphatic carbocycles. The molecule has 0 fully saturated rings. The molecule has 4 heteroatoms. The monoisotopic (exact) mass is 228 g/mol. The number of hydrogen-bond acceptors (Lipinski definition) is 2. The summed E-state index contributed by atoms with van der Waals surface area (Å²) in [6.07, 6.45) is 4.02. The minimum atomic E-state index is -0.0558. The van der Waals surface area contributed by atoms with Crippen LogP contribution in [-0.2, 0) is 9.59 Å². The molecule has 0 atom stereocenters. The van der Waals surface area contributed by atoms with Gasteiger partial charge in [0, 0.05) is 20.0 Å². The van der Waals surface area contributed by atoms with E-state index in [0.717, 1.165) is 25.7 Å². The first-order valence-corrected chi connectivity index (χ1v) is 6.14. The van der Waals surface area contributed by atoms with Crippen molar-refractivity contribution < 1.29 is 9.59 Å². The molecule has 0 bridgehead atoms. The molecule has 0 aromatic carbocycles. The van der Waals surface area contributed by atoms with Crippen molar-refractivity contribution in [3.63, 3.8) is 0 Å². The van der Waals surface area contributed by atoms with Gasteiger partial charge in [-0.25, -0.2) is 0 Å². The Morgan fingerprint density at radius 1 is 1.12 bits per heavy atom. The maximum absolute atomic E-state index is 11.5. The molecule has 1 N–H and O–H groups in total. The molecule has 0 aromatic rings. The molecule has 4 nitrogen and oxygen atoms in total. The fraction of sp³-hybridized carbons (Fsp3) is 0.833. The molecule has 0 aromatic heterocycles. The lowest BCUT2D eigenvalue weighted by Crippen LogP contribution is -2.40. The number of hydrogen-bond donors (Lipinski definition) is 1. The fourth-order valence-electron chi connectivity index (χ4n) is 1.33. The summed E-state index contributed by atoms with van der Waals surface area (Å²) in [6.45, 7) is 7.23. The van der Waals surface area contributed by atoms with Gasteiger partial charge in [0.15, 0.2) is 0 Å². The molecule has 94 valence electrons. The molecule has 0 saturated heterocycles. The molecule has 0 aliphatic heterocycles. The van der Waals surface area contributed by atoms with E-state index in [1.54, 1.807) is 4.90 Å². The summed E-state index contributed by atoms with van der Waals surface area (Å²) < 4.78 is 0. The fourth-order valence-corrected chi connectivity index (χ4v) is 1.33. The molecule has 0 aliphatic rings. The van der Waals surface area contributed by atoms with Gasteiger partial charge in [0.1, 0.15) is 0 Å². The Kier molecular flexibility index (Phi) is 8.58. The molecule has 0 unspecified atom stereocenters. The van der Waals surface area contributed by atoms with Crippen LogP contribution in [0.1, 0.15) is 46.5 Å². The lowest BCUT2D eigenvalue weighted by atomic mass is 10.3. The van der Waals surface area contributed by atoms with Crippen molar-refractivity contribution in [1.29, 1.82) is 0 Å². The molecular weight excluding hydrogens is 204 g/mol. The third kappa shape index (κ3) is 7.26. The number of carbonyl (C=O) groups excluding carboxylic acids is 2. The van der Waals surface area contributed by atoms with Crippen LogP contribution in [0.2, 0.25) is 0 Å². The highest BCUT2D eigenvalue weighted by molar-refractivity contribution is 5.83. The molecule has 0 spiro atoms. The van der Waals surface area contributed by atoms with Crippen LogP contribution in [0.3, 0.4) is 0 Å². The Morgan fingerprint density at radius 3 is 2.25 bits per heavy atom. The highest BCUT2D eigenvalue weighted by Gasteiger charge is 2.12. The zero-order valence-corrected chi connectivity index (χ0v) is 10.7. The van der Waals surface area contributed by atoms with Crippen LogP contribution < -0.4 is 5.32 Å². The van der Waals surface area contributed by atoms with Crippen molar-refractivity contribution in [2.45, 2.75) is 46.5 Å². The van der Waals surface area contributed by atoms with E-state index in [2.05, 4.69) is 19.2 Å². The van der Waals surface area contributed by atoms with Gasteiger partial charge >= 0.3 is 0 Å². The summed E-state index contributed by atoms with van der Waals surface area (Å²) in [5, 5.41) is 2.81. The number of rotatable bonds is 8. The highest BCUT2D eigenvalue weighted by atomic mass is 16.2. The van der Waals surface area contributed by atoms with Crippen LogP contribution in [0.25, 0.3) is 0 Å². The van der Waals surface area contributed by atoms with Gasteiger partial charge in [0.2, 0.25) is 11.8 Å². The standard InChI is InChI=1S/C12H24N2O2/c1-4-6-8-13-12(16)10-14(11(3)15)9-7-5-2/h4-10H2,1-3H3,(H,13,16). The summed E-state index contributed by atoms with van der Waals surface area (Å²) in [5.41, 5.74) is 0. The molecular formula is C12H24N2O2. The van der Waals surface area contributed by atoms with Crippen molar-refractivity contribution in [2.75, 3.05) is 19.6 Å². The normalized spacial score (nSPS) is 9.94. The van der Waals surface area contributed by atoms with E-state index in [-0.39, 0.29) is 18.4 Å².